The molecule has 5 nitrogen and oxygen atoms in total. The number of nitrogens with one attached hydrogen (secondary N) is 1. The third kappa shape index (κ3) is 7.91. The summed E-state index contributed by atoms with van der Waals surface area (Å²) in [6, 6.07) is 12.7. The first-order chi connectivity index (χ1) is 11.9. The summed E-state index contributed by atoms with van der Waals surface area (Å²) in [5, 5.41) is 11.8. The Labute approximate surface area is 166 Å². The molecule has 0 fully saturated rings. The van der Waals surface area contributed by atoms with E-state index in [1.54, 1.807) is 0 Å². The van der Waals surface area contributed by atoms with Crippen LogP contribution in [0.3, 0.4) is 0 Å². The van der Waals surface area contributed by atoms with Gasteiger partial charge in [0.25, 0.3) is 0 Å². The largest absolute Gasteiger partial charge is 0.573 e. The summed E-state index contributed by atoms with van der Waals surface area (Å²) < 4.78 is 40.0. The molecule has 0 saturated heterocycles. The zero-order valence-electron chi connectivity index (χ0n) is 13.7. The van der Waals surface area contributed by atoms with Crippen molar-refractivity contribution in [2.75, 3.05) is 11.9 Å². The second kappa shape index (κ2) is 10.2. The lowest BCUT2D eigenvalue weighted by Crippen LogP contribution is -2.23. The van der Waals surface area contributed by atoms with Crippen molar-refractivity contribution in [1.29, 1.82) is 0 Å². The van der Waals surface area contributed by atoms with Gasteiger partial charge in [-0.25, -0.2) is 0 Å². The highest BCUT2D eigenvalue weighted by Gasteiger charge is 2.30. The minimum Gasteiger partial charge on any atom is -0.406 e. The smallest absolute Gasteiger partial charge is 0.406 e. The van der Waals surface area contributed by atoms with E-state index in [0.717, 1.165) is 11.1 Å². The van der Waals surface area contributed by atoms with Crippen LogP contribution in [-0.4, -0.2) is 24.0 Å². The summed E-state index contributed by atoms with van der Waals surface area (Å²) in [4.78, 5) is 4.16. The molecule has 0 bridgehead atoms. The normalized spacial score (nSPS) is 11.6. The second-order valence-electron chi connectivity index (χ2n) is 5.19. The molecule has 0 atom stereocenters. The number of ether oxygens (including phenoxy) is 1. The van der Waals surface area contributed by atoms with Crippen LogP contribution >= 0.6 is 24.0 Å². The molecule has 9 heteroatoms. The minimum atomic E-state index is -4.72. The SMILES string of the molecule is I.NC(=NCCc1ccc(CO)cc1)Nc1ccc(OC(F)(F)F)cc1. The van der Waals surface area contributed by atoms with Crippen molar-refractivity contribution in [2.45, 2.75) is 19.4 Å². The number of aliphatic imine (C=N–C) groups is 1. The summed E-state index contributed by atoms with van der Waals surface area (Å²) in [6.45, 7) is 0.453. The highest BCUT2D eigenvalue weighted by Crippen LogP contribution is 2.23. The van der Waals surface area contributed by atoms with Crippen molar-refractivity contribution in [3.63, 3.8) is 0 Å². The number of hydrogen-bond donors (Lipinski definition) is 3. The first-order valence-electron chi connectivity index (χ1n) is 7.47. The average molecular weight is 481 g/mol. The lowest BCUT2D eigenvalue weighted by molar-refractivity contribution is -0.274. The summed E-state index contributed by atoms with van der Waals surface area (Å²) in [5.74, 6) is -0.142. The van der Waals surface area contributed by atoms with Crippen LogP contribution in [-0.2, 0) is 13.0 Å². The molecule has 0 unspecified atom stereocenters. The number of alkyl halides is 3. The number of rotatable bonds is 6. The summed E-state index contributed by atoms with van der Waals surface area (Å²) in [5.41, 5.74) is 8.15. The molecule has 2 aromatic rings. The fourth-order valence-electron chi connectivity index (χ4n) is 2.04. The molecule has 0 aliphatic carbocycles. The van der Waals surface area contributed by atoms with Crippen LogP contribution in [0.4, 0.5) is 18.9 Å². The lowest BCUT2D eigenvalue weighted by Gasteiger charge is -2.10. The quantitative estimate of drug-likeness (QED) is 0.335. The Balaban J connectivity index is 0.00000338. The molecule has 2 rings (SSSR count). The van der Waals surface area contributed by atoms with Gasteiger partial charge in [-0.3, -0.25) is 4.99 Å². The molecule has 142 valence electrons. The molecule has 0 heterocycles. The van der Waals surface area contributed by atoms with E-state index in [0.29, 0.717) is 18.7 Å². The number of anilines is 1. The maximum atomic E-state index is 12.1. The molecule has 0 radical (unpaired) electrons. The van der Waals surface area contributed by atoms with Crippen LogP contribution in [0.15, 0.2) is 53.5 Å². The highest BCUT2D eigenvalue weighted by atomic mass is 127. The first kappa shape index (κ1) is 22.0. The molecular weight excluding hydrogens is 462 g/mol. The van der Waals surface area contributed by atoms with Gasteiger partial charge < -0.3 is 20.9 Å². The highest BCUT2D eigenvalue weighted by molar-refractivity contribution is 14.0. The number of hydrogen-bond acceptors (Lipinski definition) is 3. The number of halogens is 4. The van der Waals surface area contributed by atoms with Gasteiger partial charge in [0.05, 0.1) is 6.61 Å². The number of aliphatic hydroxyl groups is 1. The van der Waals surface area contributed by atoms with E-state index in [2.05, 4.69) is 15.0 Å². The van der Waals surface area contributed by atoms with Crippen LogP contribution in [0.2, 0.25) is 0 Å². The van der Waals surface area contributed by atoms with Gasteiger partial charge in [0.15, 0.2) is 5.96 Å². The Morgan fingerprint density at radius 1 is 1.04 bits per heavy atom. The monoisotopic (exact) mass is 481 g/mol. The van der Waals surface area contributed by atoms with Crippen molar-refractivity contribution in [3.8, 4) is 5.75 Å². The third-order valence-electron chi connectivity index (χ3n) is 3.25. The van der Waals surface area contributed by atoms with Gasteiger partial charge in [-0.05, 0) is 41.8 Å². The summed E-state index contributed by atoms with van der Waals surface area (Å²) in [7, 11) is 0. The van der Waals surface area contributed by atoms with Crippen molar-refractivity contribution in [2.24, 2.45) is 10.7 Å². The van der Waals surface area contributed by atoms with E-state index in [-0.39, 0.29) is 42.3 Å². The molecule has 0 amide bonds. The first-order valence-corrected chi connectivity index (χ1v) is 7.47. The van der Waals surface area contributed by atoms with Gasteiger partial charge in [-0.1, -0.05) is 24.3 Å². The minimum absolute atomic E-state index is 0. The summed E-state index contributed by atoms with van der Waals surface area (Å²) >= 11 is 0. The Kier molecular flexibility index (Phi) is 8.66. The number of nitrogens with zero attached hydrogens (tertiary/aromatic N) is 1. The molecule has 26 heavy (non-hydrogen) atoms. The lowest BCUT2D eigenvalue weighted by atomic mass is 10.1. The van der Waals surface area contributed by atoms with E-state index < -0.39 is 6.36 Å². The fraction of sp³-hybridized carbons (Fsp3) is 0.235. The van der Waals surface area contributed by atoms with Gasteiger partial charge in [-0.2, -0.15) is 0 Å². The topological polar surface area (TPSA) is 79.9 Å². The Morgan fingerprint density at radius 2 is 1.62 bits per heavy atom. The van der Waals surface area contributed by atoms with Crippen LogP contribution in [0, 0.1) is 0 Å². The number of nitrogens with two attached hydrogens (primary N) is 1. The predicted octanol–water partition coefficient (Wildman–Crippen LogP) is 3.66. The van der Waals surface area contributed by atoms with Gasteiger partial charge in [-0.15, -0.1) is 37.1 Å². The van der Waals surface area contributed by atoms with Crippen LogP contribution in [0.1, 0.15) is 11.1 Å². The molecule has 0 aliphatic rings. The maximum Gasteiger partial charge on any atom is 0.573 e. The zero-order chi connectivity index (χ0) is 18.3. The molecular formula is C17H19F3IN3O2. The molecule has 2 aromatic carbocycles. The van der Waals surface area contributed by atoms with Crippen LogP contribution in [0.5, 0.6) is 5.75 Å². The van der Waals surface area contributed by atoms with Crippen molar-refractivity contribution >= 4 is 35.6 Å². The summed E-state index contributed by atoms with van der Waals surface area (Å²) in [6.07, 6.45) is -4.04. The Bertz CT molecular complexity index is 705. The van der Waals surface area contributed by atoms with E-state index in [4.69, 9.17) is 10.8 Å². The van der Waals surface area contributed by atoms with Gasteiger partial charge in [0.2, 0.25) is 0 Å². The average Bonchev–Trinajstić information content (AvgIpc) is 2.56. The molecule has 0 aromatic heterocycles. The molecule has 0 aliphatic heterocycles. The number of guanidine groups is 1. The Hall–Kier alpha value is -2.01. The van der Waals surface area contributed by atoms with E-state index in [9.17, 15) is 13.2 Å². The van der Waals surface area contributed by atoms with Gasteiger partial charge >= 0.3 is 6.36 Å². The molecule has 0 saturated carbocycles. The van der Waals surface area contributed by atoms with E-state index in [1.165, 1.54) is 24.3 Å². The van der Waals surface area contributed by atoms with Crippen LogP contribution < -0.4 is 15.8 Å². The van der Waals surface area contributed by atoms with Crippen LogP contribution in [0.25, 0.3) is 0 Å². The van der Waals surface area contributed by atoms with Gasteiger partial charge in [0.1, 0.15) is 5.75 Å². The number of benzene rings is 2. The maximum absolute atomic E-state index is 12.1. The van der Waals surface area contributed by atoms with E-state index >= 15 is 0 Å². The van der Waals surface area contributed by atoms with Crippen molar-refractivity contribution in [1.82, 2.24) is 0 Å². The number of aliphatic hydroxyl groups excluding tert-OH is 1. The van der Waals surface area contributed by atoms with E-state index in [1.807, 2.05) is 24.3 Å². The molecule has 0 spiro atoms. The third-order valence-corrected chi connectivity index (χ3v) is 3.25. The standard InChI is InChI=1S/C17H18F3N3O2.HI/c18-17(19,20)25-15-7-5-14(6-8-15)23-16(21)22-10-9-12-1-3-13(11-24)4-2-12;/h1-8,24H,9-11H2,(H3,21,22,23);1H. The predicted molar refractivity (Wildman–Crippen MR) is 105 cm³/mol. The van der Waals surface area contributed by atoms with Crippen molar-refractivity contribution < 1.29 is 23.0 Å². The Morgan fingerprint density at radius 3 is 2.15 bits per heavy atom. The molecule has 4 N–H and O–H groups in total. The fourth-order valence-corrected chi connectivity index (χ4v) is 2.04. The second-order valence-corrected chi connectivity index (χ2v) is 5.19. The van der Waals surface area contributed by atoms with Crippen molar-refractivity contribution in [3.05, 3.63) is 59.7 Å². The zero-order valence-corrected chi connectivity index (χ0v) is 16.0. The van der Waals surface area contributed by atoms with Gasteiger partial charge in [0, 0.05) is 12.2 Å².